The Bertz CT molecular complexity index is 1010. The Hall–Kier alpha value is -2.39. The molecule has 2 nitrogen and oxygen atoms in total. The Morgan fingerprint density at radius 3 is 2.50 bits per heavy atom. The number of hydrogen-bond acceptors (Lipinski definition) is 2. The van der Waals surface area contributed by atoms with Crippen LogP contribution >= 0.6 is 0 Å². The summed E-state index contributed by atoms with van der Waals surface area (Å²) in [6.45, 7) is 16.3. The summed E-state index contributed by atoms with van der Waals surface area (Å²) in [5, 5.41) is 0. The minimum Gasteiger partial charge on any atom is -0.426 e. The van der Waals surface area contributed by atoms with Gasteiger partial charge >= 0.3 is 6.92 Å². The third kappa shape index (κ3) is 5.50. The van der Waals surface area contributed by atoms with Gasteiger partial charge in [-0.05, 0) is 68.0 Å². The Morgan fingerprint density at radius 2 is 1.84 bits per heavy atom. The van der Waals surface area contributed by atoms with Gasteiger partial charge in [-0.25, -0.2) is 0 Å². The first-order valence-corrected chi connectivity index (χ1v) is 11.9. The van der Waals surface area contributed by atoms with Gasteiger partial charge in [-0.1, -0.05) is 87.5 Å². The van der Waals surface area contributed by atoms with E-state index in [0.717, 1.165) is 18.5 Å². The Balaban J connectivity index is 1.89. The maximum Gasteiger partial charge on any atom is 0.327 e. The first-order valence-electron chi connectivity index (χ1n) is 11.9. The van der Waals surface area contributed by atoms with Crippen LogP contribution in [0.25, 0.3) is 0 Å². The summed E-state index contributed by atoms with van der Waals surface area (Å²) in [6.07, 6.45) is 8.54. The highest BCUT2D eigenvalue weighted by Gasteiger charge is 2.49. The average Bonchev–Trinajstić information content (AvgIpc) is 2.97. The minimum atomic E-state index is -0.127. The molecule has 1 fully saturated rings. The normalized spacial score (nSPS) is 18.5. The van der Waals surface area contributed by atoms with Crippen molar-refractivity contribution in [2.24, 2.45) is 10.4 Å². The predicted octanol–water partition coefficient (Wildman–Crippen LogP) is 6.93. The number of nitrogens with zero attached hydrogens (tertiary/aromatic N) is 1. The van der Waals surface area contributed by atoms with Gasteiger partial charge in [0.15, 0.2) is 0 Å². The van der Waals surface area contributed by atoms with Crippen molar-refractivity contribution in [3.63, 3.8) is 0 Å². The van der Waals surface area contributed by atoms with Gasteiger partial charge in [0.25, 0.3) is 0 Å². The van der Waals surface area contributed by atoms with Crippen molar-refractivity contribution in [2.45, 2.75) is 73.4 Å². The van der Waals surface area contributed by atoms with Crippen LogP contribution in [0.2, 0.25) is 6.32 Å². The monoisotopic (exact) mass is 427 g/mol. The summed E-state index contributed by atoms with van der Waals surface area (Å²) < 4.78 is 6.46. The van der Waals surface area contributed by atoms with Gasteiger partial charge in [0.2, 0.25) is 0 Å². The second-order valence-electron chi connectivity index (χ2n) is 10.1. The van der Waals surface area contributed by atoms with Gasteiger partial charge in [0.05, 0.1) is 17.9 Å². The average molecular weight is 427 g/mol. The molecule has 3 heteroatoms. The Morgan fingerprint density at radius 1 is 1.09 bits per heavy atom. The van der Waals surface area contributed by atoms with Crippen molar-refractivity contribution in [3.8, 4) is 0 Å². The van der Waals surface area contributed by atoms with Crippen LogP contribution in [-0.4, -0.2) is 18.2 Å². The zero-order valence-electron chi connectivity index (χ0n) is 20.9. The number of rotatable bonds is 7. The van der Waals surface area contributed by atoms with Gasteiger partial charge < -0.3 is 4.65 Å². The van der Waals surface area contributed by atoms with Gasteiger partial charge in [-0.15, -0.1) is 0 Å². The fourth-order valence-electron chi connectivity index (χ4n) is 4.20. The summed E-state index contributed by atoms with van der Waals surface area (Å²) in [4.78, 5) is 5.10. The third-order valence-electron chi connectivity index (χ3n) is 7.00. The van der Waals surface area contributed by atoms with Crippen molar-refractivity contribution in [1.82, 2.24) is 0 Å². The molecule has 0 atom stereocenters. The van der Waals surface area contributed by atoms with E-state index >= 15 is 0 Å². The molecule has 1 saturated heterocycles. The van der Waals surface area contributed by atoms with Crippen LogP contribution in [0.1, 0.15) is 64.7 Å². The van der Waals surface area contributed by atoms with Gasteiger partial charge in [0.1, 0.15) is 0 Å². The number of benzene rings is 2. The fourth-order valence-corrected chi connectivity index (χ4v) is 4.20. The summed E-state index contributed by atoms with van der Waals surface area (Å²) in [5.74, 6) is 0. The molecule has 0 unspecified atom stereocenters. The largest absolute Gasteiger partial charge is 0.426 e. The molecular formula is C29H38BNO. The molecule has 0 saturated carbocycles. The Kier molecular flexibility index (Phi) is 7.61. The van der Waals surface area contributed by atoms with Crippen molar-refractivity contribution >= 4 is 18.1 Å². The lowest BCUT2D eigenvalue weighted by Gasteiger charge is -2.34. The standard InChI is InChI=1S/C29H38BNO/c1-8-9-10-15-23(3)27(26-18-12-11-14-22(26)2)31-20-24-16-13-17-25(19-24)30-21-28(4,5)29(6,7)32-30/h9-19H,8,20-21H2,1-7H3/b10-9-,23-15+,31-27-. The van der Waals surface area contributed by atoms with Crippen LogP contribution in [0.4, 0.5) is 0 Å². The molecular weight excluding hydrogens is 389 g/mol. The SMILES string of the molecule is CC\C=C/C=C(C)/C(=N/Cc1cccc(B2CC(C)(C)C(C)(C)O2)c1)c1ccccc1C. The summed E-state index contributed by atoms with van der Waals surface area (Å²) >= 11 is 0. The first-order chi connectivity index (χ1) is 15.1. The zero-order valence-corrected chi connectivity index (χ0v) is 20.9. The first kappa shape index (κ1) is 24.3. The molecule has 0 radical (unpaired) electrons. The molecule has 0 aromatic heterocycles. The van der Waals surface area contributed by atoms with Crippen molar-refractivity contribution in [3.05, 3.63) is 89.0 Å². The van der Waals surface area contributed by atoms with Gasteiger partial charge in [-0.2, -0.15) is 0 Å². The van der Waals surface area contributed by atoms with Crippen LogP contribution in [0.5, 0.6) is 0 Å². The minimum absolute atomic E-state index is 0.127. The van der Waals surface area contributed by atoms with E-state index in [4.69, 9.17) is 9.65 Å². The molecule has 0 aliphatic carbocycles. The van der Waals surface area contributed by atoms with Crippen LogP contribution in [-0.2, 0) is 11.2 Å². The second-order valence-corrected chi connectivity index (χ2v) is 10.1. The van der Waals surface area contributed by atoms with Crippen LogP contribution in [0.15, 0.2) is 77.3 Å². The fraction of sp³-hybridized carbons (Fsp3) is 0.414. The molecule has 0 spiro atoms. The predicted molar refractivity (Wildman–Crippen MR) is 140 cm³/mol. The van der Waals surface area contributed by atoms with Gasteiger partial charge in [0, 0.05) is 5.56 Å². The molecule has 0 amide bonds. The zero-order chi connectivity index (χ0) is 23.4. The summed E-state index contributed by atoms with van der Waals surface area (Å²) in [7, 11) is 0. The van der Waals surface area contributed by atoms with E-state index in [1.54, 1.807) is 0 Å². The van der Waals surface area contributed by atoms with E-state index in [1.165, 1.54) is 27.7 Å². The maximum absolute atomic E-state index is 6.46. The molecule has 32 heavy (non-hydrogen) atoms. The smallest absolute Gasteiger partial charge is 0.327 e. The highest BCUT2D eigenvalue weighted by atomic mass is 16.5. The highest BCUT2D eigenvalue weighted by molar-refractivity contribution is 6.68. The molecule has 1 aliphatic rings. The van der Waals surface area contributed by atoms with Crippen LogP contribution in [0.3, 0.4) is 0 Å². The Labute approximate surface area is 195 Å². The molecule has 2 aromatic rings. The number of aryl methyl sites for hydroxylation is 1. The molecule has 0 bridgehead atoms. The van der Waals surface area contributed by atoms with E-state index in [1.807, 2.05) is 0 Å². The molecule has 168 valence electrons. The van der Waals surface area contributed by atoms with E-state index in [9.17, 15) is 0 Å². The lowest BCUT2D eigenvalue weighted by atomic mass is 9.54. The van der Waals surface area contributed by atoms with Crippen LogP contribution in [0, 0.1) is 12.3 Å². The van der Waals surface area contributed by atoms with Crippen molar-refractivity contribution in [1.29, 1.82) is 0 Å². The molecule has 3 rings (SSSR count). The van der Waals surface area contributed by atoms with Crippen molar-refractivity contribution in [2.75, 3.05) is 0 Å². The molecule has 1 aliphatic heterocycles. The number of allylic oxidation sites excluding steroid dienone is 4. The van der Waals surface area contributed by atoms with E-state index in [0.29, 0.717) is 6.54 Å². The topological polar surface area (TPSA) is 21.6 Å². The van der Waals surface area contributed by atoms with Crippen molar-refractivity contribution < 1.29 is 4.65 Å². The van der Waals surface area contributed by atoms with Gasteiger partial charge in [-0.3, -0.25) is 4.99 Å². The third-order valence-corrected chi connectivity index (χ3v) is 7.00. The summed E-state index contributed by atoms with van der Waals surface area (Å²) in [6, 6.07) is 17.3. The molecule has 1 heterocycles. The van der Waals surface area contributed by atoms with E-state index in [2.05, 4.69) is 115 Å². The van der Waals surface area contributed by atoms with E-state index in [-0.39, 0.29) is 17.9 Å². The quantitative estimate of drug-likeness (QED) is 0.267. The maximum atomic E-state index is 6.46. The lowest BCUT2D eigenvalue weighted by molar-refractivity contribution is 0.0375. The lowest BCUT2D eigenvalue weighted by Crippen LogP contribution is -2.36. The molecule has 0 N–H and O–H groups in total. The highest BCUT2D eigenvalue weighted by Crippen LogP contribution is 2.45. The molecule has 2 aromatic carbocycles. The summed E-state index contributed by atoms with van der Waals surface area (Å²) in [5.41, 5.74) is 7.19. The number of hydrogen-bond donors (Lipinski definition) is 0. The second kappa shape index (κ2) is 10.0. The van der Waals surface area contributed by atoms with E-state index < -0.39 is 0 Å². The number of aliphatic imine (C=N–C) groups is 1. The van der Waals surface area contributed by atoms with Crippen LogP contribution < -0.4 is 5.46 Å².